The number of hydrogen-bond donors (Lipinski definition) is 1. The van der Waals surface area contributed by atoms with Gasteiger partial charge >= 0.3 is 6.01 Å². The first kappa shape index (κ1) is 18.4. The molecular weight excluding hydrogens is 390 g/mol. The predicted octanol–water partition coefficient (Wildman–Crippen LogP) is 2.33. The number of nitrogens with zero attached hydrogens (tertiary/aromatic N) is 4. The van der Waals surface area contributed by atoms with Crippen molar-refractivity contribution >= 4 is 40.5 Å². The fourth-order valence-corrected chi connectivity index (χ4v) is 4.12. The number of rotatable bonds is 4. The van der Waals surface area contributed by atoms with Crippen molar-refractivity contribution in [3.63, 3.8) is 0 Å². The van der Waals surface area contributed by atoms with Crippen molar-refractivity contribution in [1.29, 1.82) is 0 Å². The van der Waals surface area contributed by atoms with Crippen molar-refractivity contribution in [2.75, 3.05) is 32.8 Å². The molecule has 0 spiro atoms. The summed E-state index contributed by atoms with van der Waals surface area (Å²) < 4.78 is 10.3. The summed E-state index contributed by atoms with van der Waals surface area (Å²) in [5.41, 5.74) is 0.749. The molecule has 0 radical (unpaired) electrons. The topological polar surface area (TPSA) is 92.8 Å². The van der Waals surface area contributed by atoms with Gasteiger partial charge in [-0.2, -0.15) is 4.99 Å². The van der Waals surface area contributed by atoms with Crippen LogP contribution in [-0.4, -0.2) is 63.8 Å². The molecule has 3 heterocycles. The number of nitrogens with one attached hydrogen (secondary N) is 1. The number of carbonyl (C=O) groups excluding carboxylic acids is 1. The number of amidine groups is 1. The van der Waals surface area contributed by atoms with Gasteiger partial charge in [0.05, 0.1) is 13.2 Å². The van der Waals surface area contributed by atoms with Gasteiger partial charge < -0.3 is 14.5 Å². The molecule has 2 aliphatic rings. The molecule has 27 heavy (non-hydrogen) atoms. The van der Waals surface area contributed by atoms with E-state index in [-0.39, 0.29) is 11.9 Å². The Kier molecular flexibility index (Phi) is 5.18. The Morgan fingerprint density at radius 2 is 2.04 bits per heavy atom. The third-order valence-corrected chi connectivity index (χ3v) is 5.76. The highest BCUT2D eigenvalue weighted by molar-refractivity contribution is 8.16. The smallest absolute Gasteiger partial charge is 0.345 e. The Hall–Kier alpha value is -1.94. The van der Waals surface area contributed by atoms with Gasteiger partial charge in [-0.1, -0.05) is 28.5 Å². The largest absolute Gasteiger partial charge is 0.402 e. The maximum Gasteiger partial charge on any atom is 0.345 e. The zero-order valence-corrected chi connectivity index (χ0v) is 16.2. The van der Waals surface area contributed by atoms with Crippen LogP contribution < -0.4 is 5.32 Å². The van der Waals surface area contributed by atoms with Crippen LogP contribution in [0.1, 0.15) is 6.92 Å². The monoisotopic (exact) mass is 407 g/mol. The average Bonchev–Trinajstić information content (AvgIpc) is 3.21. The molecule has 8 nitrogen and oxygen atoms in total. The highest BCUT2D eigenvalue weighted by atomic mass is 35.5. The molecule has 0 aliphatic carbocycles. The summed E-state index contributed by atoms with van der Waals surface area (Å²) in [5.74, 6) is 0.270. The number of benzene rings is 1. The molecule has 1 aromatic carbocycles. The molecule has 2 fully saturated rings. The minimum atomic E-state index is -0.616. The first-order valence-electron chi connectivity index (χ1n) is 8.50. The van der Waals surface area contributed by atoms with Crippen molar-refractivity contribution in [1.82, 2.24) is 20.4 Å². The van der Waals surface area contributed by atoms with Crippen molar-refractivity contribution in [3.05, 3.63) is 29.3 Å². The number of ether oxygens (including phenoxy) is 1. The van der Waals surface area contributed by atoms with E-state index in [1.54, 1.807) is 24.3 Å². The van der Waals surface area contributed by atoms with Gasteiger partial charge in [0.15, 0.2) is 5.17 Å². The predicted molar refractivity (Wildman–Crippen MR) is 103 cm³/mol. The van der Waals surface area contributed by atoms with Gasteiger partial charge in [-0.3, -0.25) is 9.69 Å². The van der Waals surface area contributed by atoms with Crippen molar-refractivity contribution in [2.24, 2.45) is 4.99 Å². The van der Waals surface area contributed by atoms with E-state index in [2.05, 4.69) is 25.4 Å². The number of aromatic nitrogens is 2. The van der Waals surface area contributed by atoms with E-state index in [1.165, 1.54) is 11.8 Å². The molecule has 0 saturated carbocycles. The van der Waals surface area contributed by atoms with Gasteiger partial charge in [0.2, 0.25) is 11.8 Å². The summed E-state index contributed by atoms with van der Waals surface area (Å²) in [4.78, 5) is 19.0. The summed E-state index contributed by atoms with van der Waals surface area (Å²) in [7, 11) is 0. The fraction of sp³-hybridized carbons (Fsp3) is 0.412. The number of halogens is 1. The van der Waals surface area contributed by atoms with Crippen molar-refractivity contribution < 1.29 is 13.9 Å². The molecule has 2 aliphatic heterocycles. The number of thioether (sulfide) groups is 1. The van der Waals surface area contributed by atoms with Crippen LogP contribution in [0.25, 0.3) is 11.5 Å². The lowest BCUT2D eigenvalue weighted by Crippen LogP contribution is -2.48. The van der Waals surface area contributed by atoms with Crippen LogP contribution in [0, 0.1) is 0 Å². The summed E-state index contributed by atoms with van der Waals surface area (Å²) in [6.07, 6.45) is 0. The lowest BCUT2D eigenvalue weighted by Gasteiger charge is -2.32. The molecule has 2 aromatic rings. The molecule has 1 N–H and O–H groups in total. The molecule has 1 atom stereocenters. The van der Waals surface area contributed by atoms with Crippen LogP contribution in [0.15, 0.2) is 33.7 Å². The van der Waals surface area contributed by atoms with Crippen molar-refractivity contribution in [2.45, 2.75) is 11.7 Å². The number of morpholine rings is 1. The maximum atomic E-state index is 12.5. The molecule has 2 saturated heterocycles. The summed E-state index contributed by atoms with van der Waals surface area (Å²) in [6, 6.07) is 7.17. The van der Waals surface area contributed by atoms with E-state index in [0.717, 1.165) is 18.7 Å². The van der Waals surface area contributed by atoms with E-state index >= 15 is 0 Å². The fourth-order valence-electron chi connectivity index (χ4n) is 2.91. The Balaban J connectivity index is 1.47. The van der Waals surface area contributed by atoms with E-state index in [0.29, 0.717) is 35.8 Å². The maximum absolute atomic E-state index is 12.5. The van der Waals surface area contributed by atoms with Gasteiger partial charge in [0.1, 0.15) is 4.75 Å². The van der Waals surface area contributed by atoms with Crippen LogP contribution in [-0.2, 0) is 9.53 Å². The lowest BCUT2D eigenvalue weighted by atomic mass is 10.1. The van der Waals surface area contributed by atoms with Gasteiger partial charge in [-0.05, 0) is 31.2 Å². The molecule has 1 aromatic heterocycles. The average molecular weight is 408 g/mol. The summed E-state index contributed by atoms with van der Waals surface area (Å²) in [5, 5.41) is 11.8. The second-order valence-corrected chi connectivity index (χ2v) is 8.42. The third-order valence-electron chi connectivity index (χ3n) is 4.35. The first-order valence-corrected chi connectivity index (χ1v) is 9.70. The van der Waals surface area contributed by atoms with Crippen LogP contribution >= 0.6 is 23.4 Å². The highest BCUT2D eigenvalue weighted by Gasteiger charge is 2.44. The van der Waals surface area contributed by atoms with Crippen LogP contribution in [0.2, 0.25) is 5.02 Å². The number of carbonyl (C=O) groups is 1. The molecule has 142 valence electrons. The van der Waals surface area contributed by atoms with Crippen molar-refractivity contribution in [3.8, 4) is 11.5 Å². The minimum Gasteiger partial charge on any atom is -0.402 e. The van der Waals surface area contributed by atoms with Gasteiger partial charge in [0.25, 0.3) is 0 Å². The van der Waals surface area contributed by atoms with Gasteiger partial charge in [0, 0.05) is 30.2 Å². The molecule has 0 bridgehead atoms. The Morgan fingerprint density at radius 1 is 1.30 bits per heavy atom. The van der Waals surface area contributed by atoms with Gasteiger partial charge in [-0.15, -0.1) is 5.10 Å². The Labute approximate surface area is 165 Å². The molecule has 4 rings (SSSR count). The summed E-state index contributed by atoms with van der Waals surface area (Å²) in [6.45, 7) is 5.58. The van der Waals surface area contributed by atoms with E-state index < -0.39 is 4.75 Å². The quantitative estimate of drug-likeness (QED) is 0.831. The van der Waals surface area contributed by atoms with E-state index in [4.69, 9.17) is 20.8 Å². The highest BCUT2D eigenvalue weighted by Crippen LogP contribution is 2.34. The molecule has 10 heteroatoms. The Bertz CT molecular complexity index is 866. The van der Waals surface area contributed by atoms with Crippen LogP contribution in [0.4, 0.5) is 6.01 Å². The number of aliphatic imine (C=N–C) groups is 1. The molecule has 1 unspecified atom stereocenters. The van der Waals surface area contributed by atoms with E-state index in [9.17, 15) is 4.79 Å². The number of hydrogen-bond acceptors (Lipinski definition) is 8. The zero-order valence-electron chi connectivity index (χ0n) is 14.6. The van der Waals surface area contributed by atoms with Crippen LogP contribution in [0.5, 0.6) is 0 Å². The summed E-state index contributed by atoms with van der Waals surface area (Å²) >= 11 is 7.26. The standard InChI is InChI=1S/C17H18ClN5O3S/c1-17(10-23-6-8-25-9-7-23)14(24)19-16(27-17)20-15-22-21-13(26-15)11-2-4-12(18)5-3-11/h2-5H,6-10H2,1H3,(H,19,20,22,24). The minimum absolute atomic E-state index is 0.0739. The van der Waals surface area contributed by atoms with Gasteiger partial charge in [-0.25, -0.2) is 0 Å². The van der Waals surface area contributed by atoms with Crippen LogP contribution in [0.3, 0.4) is 0 Å². The lowest BCUT2D eigenvalue weighted by molar-refractivity contribution is -0.122. The normalized spacial score (nSPS) is 25.1. The molecular formula is C17H18ClN5O3S. The third kappa shape index (κ3) is 4.16. The first-order chi connectivity index (χ1) is 13.0. The van der Waals surface area contributed by atoms with E-state index in [1.807, 2.05) is 6.92 Å². The zero-order chi connectivity index (χ0) is 18.9. The second kappa shape index (κ2) is 7.59. The Morgan fingerprint density at radius 3 is 2.78 bits per heavy atom. The second-order valence-electron chi connectivity index (χ2n) is 6.49. The SMILES string of the molecule is CC1(CN2CCOCC2)S/C(=N\c2nnc(-c3ccc(Cl)cc3)o2)NC1=O. The number of amides is 1. The molecule has 1 amide bonds.